The van der Waals surface area contributed by atoms with E-state index in [9.17, 15) is 8.42 Å². The van der Waals surface area contributed by atoms with Gasteiger partial charge in [-0.2, -0.15) is 8.42 Å². The van der Waals surface area contributed by atoms with Gasteiger partial charge in [0.25, 0.3) is 10.1 Å². The third kappa shape index (κ3) is 19.1. The molecule has 126 valence electrons. The fourth-order valence-electron chi connectivity index (χ4n) is 2.19. The molecule has 0 radical (unpaired) electrons. The van der Waals surface area contributed by atoms with Gasteiger partial charge in [-0.1, -0.05) is 78.1 Å². The van der Waals surface area contributed by atoms with Crippen LogP contribution in [0.1, 0.15) is 93.8 Å². The molecule has 0 rings (SSSR count). The zero-order valence-electron chi connectivity index (χ0n) is 16.2. The molecule has 0 bridgehead atoms. The third-order valence-electron chi connectivity index (χ3n) is 3.51. The average molecular weight is 349 g/mol. The molecule has 3 nitrogen and oxygen atoms in total. The Kier molecular flexibility index (Phi) is 20.4. The average Bonchev–Trinajstić information content (AvgIpc) is 2.41. The number of hydrogen-bond donors (Lipinski definition) is 0. The van der Waals surface area contributed by atoms with Gasteiger partial charge in [0.1, 0.15) is 0 Å². The van der Waals surface area contributed by atoms with Crippen molar-refractivity contribution in [2.75, 3.05) is 12.4 Å². The fraction of sp³-hybridized carbons (Fsp3) is 1.00. The van der Waals surface area contributed by atoms with Crippen molar-refractivity contribution in [3.05, 3.63) is 0 Å². The van der Waals surface area contributed by atoms with Crippen LogP contribution in [0.5, 0.6) is 0 Å². The quantitative estimate of drug-likeness (QED) is 0.240. The molecule has 0 aromatic carbocycles. The summed E-state index contributed by atoms with van der Waals surface area (Å²) in [4.78, 5) is 0. The Labute approximate surface area is 165 Å². The Morgan fingerprint density at radius 2 is 1.14 bits per heavy atom. The maximum absolute atomic E-state index is 11.6. The van der Waals surface area contributed by atoms with Crippen molar-refractivity contribution in [3.8, 4) is 0 Å². The van der Waals surface area contributed by atoms with E-state index < -0.39 is 10.1 Å². The summed E-state index contributed by atoms with van der Waals surface area (Å²) in [7, 11) is -3.27. The standard InChI is InChI=1S/C16H34O3S.Ca.2H/c1-3-5-7-9-11-13-15-19-20(17,18)16-14-12-10-8-6-4-2;;;/h3-16H2,1-2H3;;;/q;+2;2*-1. The van der Waals surface area contributed by atoms with E-state index in [1.54, 1.807) is 0 Å². The van der Waals surface area contributed by atoms with Crippen molar-refractivity contribution < 1.29 is 15.5 Å². The first-order valence-electron chi connectivity index (χ1n) is 8.49. The third-order valence-corrected chi connectivity index (χ3v) is 4.82. The van der Waals surface area contributed by atoms with Crippen LogP contribution in [0.4, 0.5) is 0 Å². The van der Waals surface area contributed by atoms with E-state index in [-0.39, 0.29) is 46.3 Å². The molecule has 0 aliphatic carbocycles. The predicted octanol–water partition coefficient (Wildman–Crippen LogP) is 4.90. The van der Waals surface area contributed by atoms with E-state index in [1.807, 2.05) is 0 Å². The molecule has 0 aromatic rings. The molecule has 0 amide bonds. The Bertz CT molecular complexity index is 302. The smallest absolute Gasteiger partial charge is 1.00 e. The van der Waals surface area contributed by atoms with Crippen LogP contribution in [0.25, 0.3) is 0 Å². The molecule has 0 N–H and O–H groups in total. The maximum atomic E-state index is 11.6. The Morgan fingerprint density at radius 1 is 0.714 bits per heavy atom. The van der Waals surface area contributed by atoms with Crippen LogP contribution in [0.15, 0.2) is 0 Å². The van der Waals surface area contributed by atoms with Crippen LogP contribution in [0.3, 0.4) is 0 Å². The Morgan fingerprint density at radius 3 is 1.67 bits per heavy atom. The second-order valence-electron chi connectivity index (χ2n) is 5.62. The summed E-state index contributed by atoms with van der Waals surface area (Å²) < 4.78 is 28.3. The number of hydrogen-bond acceptors (Lipinski definition) is 3. The zero-order chi connectivity index (χ0) is 15.1. The SMILES string of the molecule is CCCCCCCCOS(=O)(=O)CCCCCCCC.[Ca+2].[H-].[H-]. The monoisotopic (exact) mass is 348 g/mol. The van der Waals surface area contributed by atoms with Gasteiger partial charge in [-0.25, -0.2) is 0 Å². The van der Waals surface area contributed by atoms with E-state index in [0.717, 1.165) is 32.1 Å². The molecule has 0 aliphatic rings. The van der Waals surface area contributed by atoms with Crippen LogP contribution in [-0.2, 0) is 14.3 Å². The topological polar surface area (TPSA) is 43.4 Å². The Hall–Kier alpha value is 1.17. The molecule has 0 fully saturated rings. The molecule has 0 atom stereocenters. The first-order chi connectivity index (χ1) is 9.62. The first-order valence-corrected chi connectivity index (χ1v) is 10.1. The normalized spacial score (nSPS) is 11.3. The molecule has 0 saturated heterocycles. The summed E-state index contributed by atoms with van der Waals surface area (Å²) >= 11 is 0. The maximum Gasteiger partial charge on any atom is 2.00 e. The second-order valence-corrected chi connectivity index (χ2v) is 7.38. The molecule has 0 unspecified atom stereocenters. The van der Waals surface area contributed by atoms with Crippen LogP contribution in [0.2, 0.25) is 0 Å². The van der Waals surface area contributed by atoms with Crippen molar-refractivity contribution in [2.24, 2.45) is 0 Å². The van der Waals surface area contributed by atoms with Gasteiger partial charge in [-0.05, 0) is 12.8 Å². The minimum Gasteiger partial charge on any atom is -1.00 e. The van der Waals surface area contributed by atoms with Gasteiger partial charge in [-0.15, -0.1) is 0 Å². The van der Waals surface area contributed by atoms with E-state index in [2.05, 4.69) is 13.8 Å². The van der Waals surface area contributed by atoms with Gasteiger partial charge in [0.2, 0.25) is 0 Å². The molecular formula is C16H36CaO3S. The minimum atomic E-state index is -3.27. The summed E-state index contributed by atoms with van der Waals surface area (Å²) in [6.07, 6.45) is 13.5. The van der Waals surface area contributed by atoms with Crippen LogP contribution < -0.4 is 0 Å². The van der Waals surface area contributed by atoms with Gasteiger partial charge < -0.3 is 2.85 Å². The van der Waals surface area contributed by atoms with Crippen molar-refractivity contribution in [1.82, 2.24) is 0 Å². The van der Waals surface area contributed by atoms with E-state index in [0.29, 0.717) is 6.61 Å². The number of rotatable bonds is 15. The van der Waals surface area contributed by atoms with Crippen LogP contribution >= 0.6 is 0 Å². The van der Waals surface area contributed by atoms with Crippen molar-refractivity contribution in [1.29, 1.82) is 0 Å². The molecular weight excluding hydrogens is 312 g/mol. The van der Waals surface area contributed by atoms with Crippen LogP contribution in [-0.4, -0.2) is 58.5 Å². The molecule has 5 heteroatoms. The summed E-state index contributed by atoms with van der Waals surface area (Å²) in [5.41, 5.74) is 0. The van der Waals surface area contributed by atoms with Gasteiger partial charge in [-0.3, -0.25) is 4.18 Å². The van der Waals surface area contributed by atoms with Crippen molar-refractivity contribution >= 4 is 47.9 Å². The zero-order valence-corrected chi connectivity index (χ0v) is 17.3. The first kappa shape index (κ1) is 24.4. The van der Waals surface area contributed by atoms with Gasteiger partial charge in [0.05, 0.1) is 12.4 Å². The van der Waals surface area contributed by atoms with Gasteiger partial charge >= 0.3 is 37.7 Å². The molecule has 0 aromatic heterocycles. The largest absolute Gasteiger partial charge is 2.00 e. The molecule has 0 saturated carbocycles. The van der Waals surface area contributed by atoms with Gasteiger partial charge in [0, 0.05) is 0 Å². The van der Waals surface area contributed by atoms with E-state index >= 15 is 0 Å². The fourth-order valence-corrected chi connectivity index (χ4v) is 3.23. The van der Waals surface area contributed by atoms with E-state index in [4.69, 9.17) is 4.18 Å². The summed E-state index contributed by atoms with van der Waals surface area (Å²) in [5, 5.41) is 0. The molecule has 0 spiro atoms. The summed E-state index contributed by atoms with van der Waals surface area (Å²) in [6, 6.07) is 0. The molecule has 21 heavy (non-hydrogen) atoms. The van der Waals surface area contributed by atoms with Crippen LogP contribution in [0, 0.1) is 0 Å². The Balaban J connectivity index is -0.000000602. The number of unbranched alkanes of at least 4 members (excludes halogenated alkanes) is 10. The minimum absolute atomic E-state index is 0. The van der Waals surface area contributed by atoms with Crippen molar-refractivity contribution in [3.63, 3.8) is 0 Å². The summed E-state index contributed by atoms with van der Waals surface area (Å²) in [5.74, 6) is 0.189. The summed E-state index contributed by atoms with van der Waals surface area (Å²) in [6.45, 7) is 4.74. The van der Waals surface area contributed by atoms with E-state index in [1.165, 1.54) is 44.9 Å². The predicted molar refractivity (Wildman–Crippen MR) is 94.5 cm³/mol. The molecule has 0 heterocycles. The molecule has 0 aliphatic heterocycles. The van der Waals surface area contributed by atoms with Gasteiger partial charge in [0.15, 0.2) is 0 Å². The van der Waals surface area contributed by atoms with Crippen molar-refractivity contribution in [2.45, 2.75) is 90.9 Å². The second kappa shape index (κ2) is 17.5.